The number of hydrogen-bond acceptors (Lipinski definition) is 2. The van der Waals surface area contributed by atoms with Crippen LogP contribution >= 0.6 is 0 Å². The quantitative estimate of drug-likeness (QED) is 0.445. The van der Waals surface area contributed by atoms with Gasteiger partial charge in [-0.05, 0) is 12.8 Å². The van der Waals surface area contributed by atoms with Crippen molar-refractivity contribution < 1.29 is 10.2 Å². The normalized spacial score (nSPS) is 12.0. The van der Waals surface area contributed by atoms with Crippen molar-refractivity contribution in [3.8, 4) is 0 Å². The second-order valence-electron chi connectivity index (χ2n) is 4.25. The second-order valence-corrected chi connectivity index (χ2v) is 4.25. The van der Waals surface area contributed by atoms with Gasteiger partial charge in [-0.3, -0.25) is 0 Å². The first kappa shape index (κ1) is 13.9. The Bertz CT molecular complexity index is 121. The number of aliphatic hydroxyl groups is 2. The van der Waals surface area contributed by atoms with Crippen molar-refractivity contribution in [2.45, 2.75) is 77.4 Å². The second kappa shape index (κ2) is 8.25. The van der Waals surface area contributed by atoms with E-state index in [1.54, 1.807) is 0 Å². The fraction of sp³-hybridized carbons (Fsp3) is 1.00. The van der Waals surface area contributed by atoms with E-state index in [9.17, 15) is 10.2 Å². The van der Waals surface area contributed by atoms with Crippen molar-refractivity contribution in [3.05, 3.63) is 0 Å². The Morgan fingerprint density at radius 3 is 1.64 bits per heavy atom. The maximum Gasteiger partial charge on any atom is 0.162 e. The summed E-state index contributed by atoms with van der Waals surface area (Å²) in [5, 5.41) is 19.2. The summed E-state index contributed by atoms with van der Waals surface area (Å²) in [6.45, 7) is 4.28. The fourth-order valence-electron chi connectivity index (χ4n) is 1.62. The largest absolute Gasteiger partial charge is 0.366 e. The van der Waals surface area contributed by atoms with Gasteiger partial charge in [0.2, 0.25) is 0 Å². The van der Waals surface area contributed by atoms with E-state index in [0.717, 1.165) is 32.1 Å². The van der Waals surface area contributed by atoms with Gasteiger partial charge in [0, 0.05) is 12.8 Å². The standard InChI is InChI=1S/C12H26O2/c1-3-5-7-9-11-12(13,14)10-8-6-4-2/h13-14H,3-11H2,1-2H3. The fourth-order valence-corrected chi connectivity index (χ4v) is 1.62. The van der Waals surface area contributed by atoms with Crippen molar-refractivity contribution in [3.63, 3.8) is 0 Å². The summed E-state index contributed by atoms with van der Waals surface area (Å²) in [4.78, 5) is 0. The van der Waals surface area contributed by atoms with E-state index in [4.69, 9.17) is 0 Å². The molecule has 2 N–H and O–H groups in total. The van der Waals surface area contributed by atoms with E-state index in [1.165, 1.54) is 12.8 Å². The molecular weight excluding hydrogens is 176 g/mol. The molecule has 0 fully saturated rings. The predicted octanol–water partition coefficient (Wildman–Crippen LogP) is 3.22. The van der Waals surface area contributed by atoms with Crippen LogP contribution in [-0.2, 0) is 0 Å². The Labute approximate surface area is 88.3 Å². The van der Waals surface area contributed by atoms with Crippen LogP contribution in [-0.4, -0.2) is 16.0 Å². The van der Waals surface area contributed by atoms with Gasteiger partial charge in [-0.25, -0.2) is 0 Å². The van der Waals surface area contributed by atoms with Crippen LogP contribution < -0.4 is 0 Å². The van der Waals surface area contributed by atoms with Crippen LogP contribution in [0.4, 0.5) is 0 Å². The Morgan fingerprint density at radius 2 is 1.14 bits per heavy atom. The summed E-state index contributed by atoms with van der Waals surface area (Å²) < 4.78 is 0. The van der Waals surface area contributed by atoms with Crippen LogP contribution in [0.25, 0.3) is 0 Å². The van der Waals surface area contributed by atoms with Gasteiger partial charge in [-0.15, -0.1) is 0 Å². The third-order valence-electron chi connectivity index (χ3n) is 2.61. The SMILES string of the molecule is CCCCCCC(O)(O)CCCCC. The molecule has 0 aromatic carbocycles. The Morgan fingerprint density at radius 1 is 0.714 bits per heavy atom. The molecule has 0 saturated carbocycles. The molecule has 0 bridgehead atoms. The lowest BCUT2D eigenvalue weighted by atomic mass is 10.0. The van der Waals surface area contributed by atoms with Crippen LogP contribution in [0.15, 0.2) is 0 Å². The summed E-state index contributed by atoms with van der Waals surface area (Å²) >= 11 is 0. The van der Waals surface area contributed by atoms with E-state index >= 15 is 0 Å². The first-order chi connectivity index (χ1) is 6.62. The molecule has 0 atom stereocenters. The van der Waals surface area contributed by atoms with Crippen LogP contribution in [0.5, 0.6) is 0 Å². The molecule has 0 saturated heterocycles. The van der Waals surface area contributed by atoms with Crippen LogP contribution in [0.1, 0.15) is 71.6 Å². The third-order valence-corrected chi connectivity index (χ3v) is 2.61. The molecule has 0 unspecified atom stereocenters. The highest BCUT2D eigenvalue weighted by Gasteiger charge is 2.20. The summed E-state index contributed by atoms with van der Waals surface area (Å²) in [7, 11) is 0. The minimum atomic E-state index is -1.40. The van der Waals surface area contributed by atoms with Crippen LogP contribution in [0.3, 0.4) is 0 Å². The number of hydrogen-bond donors (Lipinski definition) is 2. The maximum atomic E-state index is 9.60. The zero-order valence-electron chi connectivity index (χ0n) is 9.76. The van der Waals surface area contributed by atoms with Crippen molar-refractivity contribution >= 4 is 0 Å². The lowest BCUT2D eigenvalue weighted by Crippen LogP contribution is -2.27. The molecule has 0 aliphatic heterocycles. The molecule has 0 aromatic heterocycles. The summed E-state index contributed by atoms with van der Waals surface area (Å²) in [5.41, 5.74) is 0. The lowest BCUT2D eigenvalue weighted by molar-refractivity contribution is -0.172. The van der Waals surface area contributed by atoms with Gasteiger partial charge < -0.3 is 10.2 Å². The lowest BCUT2D eigenvalue weighted by Gasteiger charge is -2.21. The molecule has 0 radical (unpaired) electrons. The molecule has 0 aliphatic rings. The molecule has 86 valence electrons. The molecular formula is C12H26O2. The molecule has 0 aliphatic carbocycles. The van der Waals surface area contributed by atoms with Crippen molar-refractivity contribution in [1.29, 1.82) is 0 Å². The van der Waals surface area contributed by atoms with Crippen LogP contribution in [0, 0.1) is 0 Å². The van der Waals surface area contributed by atoms with Gasteiger partial charge in [0.15, 0.2) is 5.79 Å². The zero-order chi connectivity index (χ0) is 10.9. The summed E-state index contributed by atoms with van der Waals surface area (Å²) in [5.74, 6) is -1.40. The van der Waals surface area contributed by atoms with Crippen molar-refractivity contribution in [1.82, 2.24) is 0 Å². The minimum Gasteiger partial charge on any atom is -0.366 e. The predicted molar refractivity (Wildman–Crippen MR) is 60.1 cm³/mol. The molecule has 0 amide bonds. The molecule has 0 rings (SSSR count). The highest BCUT2D eigenvalue weighted by molar-refractivity contribution is 4.64. The molecule has 0 heterocycles. The minimum absolute atomic E-state index is 0.535. The summed E-state index contributed by atoms with van der Waals surface area (Å²) in [6.07, 6.45) is 8.68. The number of rotatable bonds is 9. The molecule has 0 aromatic rings. The number of unbranched alkanes of at least 4 members (excludes halogenated alkanes) is 5. The molecule has 0 spiro atoms. The van der Waals surface area contributed by atoms with E-state index in [-0.39, 0.29) is 0 Å². The Hall–Kier alpha value is -0.0800. The van der Waals surface area contributed by atoms with E-state index in [1.807, 2.05) is 0 Å². The van der Waals surface area contributed by atoms with Crippen LogP contribution in [0.2, 0.25) is 0 Å². The zero-order valence-corrected chi connectivity index (χ0v) is 9.76. The average Bonchev–Trinajstić information content (AvgIpc) is 2.13. The first-order valence-corrected chi connectivity index (χ1v) is 6.07. The Kier molecular flexibility index (Phi) is 8.20. The third kappa shape index (κ3) is 8.52. The van der Waals surface area contributed by atoms with E-state index < -0.39 is 5.79 Å². The van der Waals surface area contributed by atoms with Gasteiger partial charge in [0.25, 0.3) is 0 Å². The smallest absolute Gasteiger partial charge is 0.162 e. The average molecular weight is 202 g/mol. The monoisotopic (exact) mass is 202 g/mol. The highest BCUT2D eigenvalue weighted by atomic mass is 16.5. The van der Waals surface area contributed by atoms with Gasteiger partial charge in [-0.1, -0.05) is 46.0 Å². The summed E-state index contributed by atoms with van der Waals surface area (Å²) in [6, 6.07) is 0. The van der Waals surface area contributed by atoms with E-state index in [0.29, 0.717) is 12.8 Å². The van der Waals surface area contributed by atoms with Gasteiger partial charge >= 0.3 is 0 Å². The van der Waals surface area contributed by atoms with Gasteiger partial charge in [0.1, 0.15) is 0 Å². The maximum absolute atomic E-state index is 9.60. The van der Waals surface area contributed by atoms with Crippen molar-refractivity contribution in [2.75, 3.05) is 0 Å². The van der Waals surface area contributed by atoms with Gasteiger partial charge in [0.05, 0.1) is 0 Å². The molecule has 14 heavy (non-hydrogen) atoms. The van der Waals surface area contributed by atoms with Crippen molar-refractivity contribution in [2.24, 2.45) is 0 Å². The topological polar surface area (TPSA) is 40.5 Å². The van der Waals surface area contributed by atoms with E-state index in [2.05, 4.69) is 13.8 Å². The Balaban J connectivity index is 3.40. The highest BCUT2D eigenvalue weighted by Crippen LogP contribution is 2.19. The first-order valence-electron chi connectivity index (χ1n) is 6.07. The molecule has 2 heteroatoms. The van der Waals surface area contributed by atoms with Gasteiger partial charge in [-0.2, -0.15) is 0 Å². The molecule has 2 nitrogen and oxygen atoms in total.